The van der Waals surface area contributed by atoms with Crippen LogP contribution in [0.1, 0.15) is 17.3 Å². The van der Waals surface area contributed by atoms with Crippen molar-refractivity contribution in [2.45, 2.75) is 13.0 Å². The Morgan fingerprint density at radius 2 is 2.26 bits per heavy atom. The molecule has 0 spiro atoms. The van der Waals surface area contributed by atoms with Crippen molar-refractivity contribution >= 4 is 29.9 Å². The van der Waals surface area contributed by atoms with E-state index in [0.717, 1.165) is 19.6 Å². The van der Waals surface area contributed by atoms with Crippen LogP contribution < -0.4 is 10.1 Å². The van der Waals surface area contributed by atoms with Gasteiger partial charge in [-0.1, -0.05) is 11.6 Å². The molecule has 1 atom stereocenters. The highest BCUT2D eigenvalue weighted by atomic mass is 35.5. The van der Waals surface area contributed by atoms with Gasteiger partial charge < -0.3 is 15.0 Å². The first kappa shape index (κ1) is 16.1. The number of halogens is 2. The fraction of sp³-hybridized carbons (Fsp3) is 0.462. The van der Waals surface area contributed by atoms with Gasteiger partial charge in [0, 0.05) is 31.2 Å². The van der Waals surface area contributed by atoms with Crippen molar-refractivity contribution in [3.63, 3.8) is 0 Å². The molecule has 1 heterocycles. The van der Waals surface area contributed by atoms with Gasteiger partial charge in [-0.15, -0.1) is 12.4 Å². The molecule has 0 saturated carbocycles. The molecule has 0 radical (unpaired) electrons. The van der Waals surface area contributed by atoms with Crippen molar-refractivity contribution in [3.05, 3.63) is 28.8 Å². The number of nitrogens with zero attached hydrogens (tertiary/aromatic N) is 1. The molecule has 0 aliphatic carbocycles. The molecule has 0 unspecified atom stereocenters. The summed E-state index contributed by atoms with van der Waals surface area (Å²) < 4.78 is 5.13. The topological polar surface area (TPSA) is 41.6 Å². The Bertz CT molecular complexity index is 454. The number of methoxy groups -OCH3 is 1. The fourth-order valence-corrected chi connectivity index (χ4v) is 2.29. The Morgan fingerprint density at radius 1 is 1.53 bits per heavy atom. The lowest BCUT2D eigenvalue weighted by Gasteiger charge is -2.32. The average molecular weight is 305 g/mol. The van der Waals surface area contributed by atoms with Gasteiger partial charge in [0.1, 0.15) is 5.75 Å². The zero-order chi connectivity index (χ0) is 13.1. The maximum Gasteiger partial charge on any atom is 0.254 e. The SMILES string of the molecule is COc1cc(C(=O)N2CCN[C@H](C)C2)ccc1Cl.Cl. The highest BCUT2D eigenvalue weighted by Gasteiger charge is 2.22. The molecule has 1 N–H and O–H groups in total. The molecule has 0 aromatic heterocycles. The van der Waals surface area contributed by atoms with Gasteiger partial charge >= 0.3 is 0 Å². The van der Waals surface area contributed by atoms with Crippen molar-refractivity contribution in [3.8, 4) is 5.75 Å². The molecule has 6 heteroatoms. The quantitative estimate of drug-likeness (QED) is 0.911. The van der Waals surface area contributed by atoms with Gasteiger partial charge in [0.15, 0.2) is 0 Å². The smallest absolute Gasteiger partial charge is 0.254 e. The van der Waals surface area contributed by atoms with Gasteiger partial charge in [0.2, 0.25) is 0 Å². The third-order valence-electron chi connectivity index (χ3n) is 3.05. The minimum Gasteiger partial charge on any atom is -0.495 e. The monoisotopic (exact) mass is 304 g/mol. The summed E-state index contributed by atoms with van der Waals surface area (Å²) >= 11 is 5.95. The molecule has 1 aliphatic rings. The van der Waals surface area contributed by atoms with E-state index in [9.17, 15) is 4.79 Å². The van der Waals surface area contributed by atoms with E-state index in [1.165, 1.54) is 0 Å². The van der Waals surface area contributed by atoms with E-state index in [1.807, 2.05) is 4.90 Å². The number of nitrogens with one attached hydrogen (secondary N) is 1. The molecule has 1 aromatic rings. The van der Waals surface area contributed by atoms with E-state index in [2.05, 4.69) is 12.2 Å². The van der Waals surface area contributed by atoms with Crippen molar-refractivity contribution < 1.29 is 9.53 Å². The minimum atomic E-state index is 0. The number of carbonyl (C=O) groups is 1. The molecule has 0 bridgehead atoms. The highest BCUT2D eigenvalue weighted by Crippen LogP contribution is 2.25. The summed E-state index contributed by atoms with van der Waals surface area (Å²) in [4.78, 5) is 14.2. The van der Waals surface area contributed by atoms with E-state index >= 15 is 0 Å². The van der Waals surface area contributed by atoms with Gasteiger partial charge in [-0.3, -0.25) is 4.79 Å². The molecule has 106 valence electrons. The zero-order valence-corrected chi connectivity index (χ0v) is 12.6. The molecule has 1 saturated heterocycles. The first-order chi connectivity index (χ1) is 8.61. The Labute approximate surface area is 124 Å². The maximum absolute atomic E-state index is 12.3. The van der Waals surface area contributed by atoms with Gasteiger partial charge in [0.05, 0.1) is 12.1 Å². The molecule has 2 rings (SSSR count). The number of amides is 1. The lowest BCUT2D eigenvalue weighted by molar-refractivity contribution is 0.0709. The van der Waals surface area contributed by atoms with Crippen LogP contribution >= 0.6 is 24.0 Å². The predicted molar refractivity (Wildman–Crippen MR) is 78.6 cm³/mol. The second-order valence-corrected chi connectivity index (χ2v) is 4.86. The maximum atomic E-state index is 12.3. The summed E-state index contributed by atoms with van der Waals surface area (Å²) in [5.74, 6) is 0.559. The summed E-state index contributed by atoms with van der Waals surface area (Å²) in [6.07, 6.45) is 0. The van der Waals surface area contributed by atoms with Crippen molar-refractivity contribution in [2.24, 2.45) is 0 Å². The molecule has 1 aliphatic heterocycles. The Morgan fingerprint density at radius 3 is 2.89 bits per heavy atom. The van der Waals surface area contributed by atoms with Crippen LogP contribution in [0.25, 0.3) is 0 Å². The summed E-state index contributed by atoms with van der Waals surface area (Å²) in [6.45, 7) is 4.36. The standard InChI is InChI=1S/C13H17ClN2O2.ClH/c1-9-8-16(6-5-15-9)13(17)10-3-4-11(14)12(7-10)18-2;/h3-4,7,9,15H,5-6,8H2,1-2H3;1H/t9-;/m1./s1. The Hall–Kier alpha value is -0.970. The predicted octanol–water partition coefficient (Wildman–Crippen LogP) is 2.20. The van der Waals surface area contributed by atoms with Crippen molar-refractivity contribution in [2.75, 3.05) is 26.7 Å². The molecular formula is C13H18Cl2N2O2. The van der Waals surface area contributed by atoms with E-state index in [1.54, 1.807) is 25.3 Å². The van der Waals surface area contributed by atoms with Crippen LogP contribution in [-0.4, -0.2) is 43.6 Å². The Kier molecular flexibility index (Phi) is 5.91. The van der Waals surface area contributed by atoms with Crippen LogP contribution in [0.5, 0.6) is 5.75 Å². The number of ether oxygens (including phenoxy) is 1. The second kappa shape index (κ2) is 6.98. The van der Waals surface area contributed by atoms with Crippen LogP contribution in [0.15, 0.2) is 18.2 Å². The highest BCUT2D eigenvalue weighted by molar-refractivity contribution is 6.32. The van der Waals surface area contributed by atoms with Crippen molar-refractivity contribution in [1.29, 1.82) is 0 Å². The molecule has 19 heavy (non-hydrogen) atoms. The lowest BCUT2D eigenvalue weighted by atomic mass is 10.1. The van der Waals surface area contributed by atoms with E-state index in [0.29, 0.717) is 22.4 Å². The molecule has 1 aromatic carbocycles. The van der Waals surface area contributed by atoms with E-state index in [-0.39, 0.29) is 18.3 Å². The third kappa shape index (κ3) is 3.75. The number of rotatable bonds is 2. The number of piperazine rings is 1. The summed E-state index contributed by atoms with van der Waals surface area (Å²) in [7, 11) is 1.54. The van der Waals surface area contributed by atoms with E-state index in [4.69, 9.17) is 16.3 Å². The summed E-state index contributed by atoms with van der Waals surface area (Å²) in [6, 6.07) is 5.45. The molecule has 1 fully saturated rings. The van der Waals surface area contributed by atoms with Gasteiger partial charge in [-0.2, -0.15) is 0 Å². The largest absolute Gasteiger partial charge is 0.495 e. The van der Waals surface area contributed by atoms with Crippen LogP contribution in [0.3, 0.4) is 0 Å². The summed E-state index contributed by atoms with van der Waals surface area (Å²) in [5.41, 5.74) is 0.616. The molecule has 1 amide bonds. The molecule has 4 nitrogen and oxygen atoms in total. The van der Waals surface area contributed by atoms with Crippen molar-refractivity contribution in [1.82, 2.24) is 10.2 Å². The summed E-state index contributed by atoms with van der Waals surface area (Å²) in [5, 5.41) is 3.83. The number of carbonyl (C=O) groups excluding carboxylic acids is 1. The molecular weight excluding hydrogens is 287 g/mol. The van der Waals surface area contributed by atoms with Gasteiger partial charge in [-0.25, -0.2) is 0 Å². The van der Waals surface area contributed by atoms with Gasteiger partial charge in [0.25, 0.3) is 5.91 Å². The second-order valence-electron chi connectivity index (χ2n) is 4.46. The normalized spacial score (nSPS) is 18.7. The van der Waals surface area contributed by atoms with E-state index < -0.39 is 0 Å². The van der Waals surface area contributed by atoms with Gasteiger partial charge in [-0.05, 0) is 25.1 Å². The number of benzene rings is 1. The lowest BCUT2D eigenvalue weighted by Crippen LogP contribution is -2.51. The van der Waals surface area contributed by atoms with Crippen LogP contribution in [-0.2, 0) is 0 Å². The Balaban J connectivity index is 0.00000180. The van der Waals surface area contributed by atoms with Crippen LogP contribution in [0.4, 0.5) is 0 Å². The average Bonchev–Trinajstić information content (AvgIpc) is 2.38. The minimum absolute atomic E-state index is 0. The number of hydrogen-bond acceptors (Lipinski definition) is 3. The van der Waals surface area contributed by atoms with Crippen LogP contribution in [0, 0.1) is 0 Å². The zero-order valence-electron chi connectivity index (χ0n) is 11.0. The van der Waals surface area contributed by atoms with Crippen LogP contribution in [0.2, 0.25) is 5.02 Å². The third-order valence-corrected chi connectivity index (χ3v) is 3.37. The fourth-order valence-electron chi connectivity index (χ4n) is 2.09. The first-order valence-corrected chi connectivity index (χ1v) is 6.36. The number of hydrogen-bond donors (Lipinski definition) is 1. The first-order valence-electron chi connectivity index (χ1n) is 5.98.